The summed E-state index contributed by atoms with van der Waals surface area (Å²) in [6.45, 7) is 0.286. The molecule has 3 amide bonds. The van der Waals surface area contributed by atoms with E-state index in [0.717, 1.165) is 0 Å². The molecule has 0 aromatic heterocycles. The summed E-state index contributed by atoms with van der Waals surface area (Å²) in [6.07, 6.45) is 8.31. The first-order valence-electron chi connectivity index (χ1n) is 10.3. The Balaban J connectivity index is 1.72. The third kappa shape index (κ3) is 6.95. The summed E-state index contributed by atoms with van der Waals surface area (Å²) in [5, 5.41) is 14.1. The van der Waals surface area contributed by atoms with Crippen molar-refractivity contribution in [2.45, 2.75) is 12.5 Å². The number of terminal acetylenes is 1. The minimum absolute atomic E-state index is 0.00407. The van der Waals surface area contributed by atoms with E-state index in [4.69, 9.17) is 18.0 Å². The molecule has 1 atom stereocenters. The van der Waals surface area contributed by atoms with Crippen LogP contribution in [0, 0.1) is 12.3 Å². The van der Waals surface area contributed by atoms with Crippen molar-refractivity contribution in [3.63, 3.8) is 0 Å². The van der Waals surface area contributed by atoms with E-state index in [2.05, 4.69) is 27.0 Å². The molecule has 0 saturated heterocycles. The van der Waals surface area contributed by atoms with Gasteiger partial charge in [-0.2, -0.15) is 5.10 Å². The molecular weight excluding hydrogens is 457 g/mol. The molecule has 0 aliphatic heterocycles. The topological polar surface area (TPSA) is 85.8 Å². The average Bonchev–Trinajstić information content (AvgIpc) is 2.81. The van der Waals surface area contributed by atoms with Gasteiger partial charge < -0.3 is 16.0 Å². The first kappa shape index (κ1) is 24.6. The van der Waals surface area contributed by atoms with Gasteiger partial charge >= 0.3 is 6.03 Å². The number of hydrogen-bond donors (Lipinski definition) is 3. The molecular formula is C25H23ClFN5O2. The fourth-order valence-electron chi connectivity index (χ4n) is 3.14. The summed E-state index contributed by atoms with van der Waals surface area (Å²) in [6, 6.07) is 13.5. The summed E-state index contributed by atoms with van der Waals surface area (Å²) >= 11 is 5.87. The Morgan fingerprint density at radius 2 is 1.88 bits per heavy atom. The van der Waals surface area contributed by atoms with Gasteiger partial charge in [0.2, 0.25) is 0 Å². The van der Waals surface area contributed by atoms with Crippen molar-refractivity contribution in [2.75, 3.05) is 18.9 Å². The summed E-state index contributed by atoms with van der Waals surface area (Å²) < 4.78 is 14.7. The van der Waals surface area contributed by atoms with Crippen LogP contribution in [0.3, 0.4) is 0 Å². The maximum absolute atomic E-state index is 14.7. The fourth-order valence-corrected chi connectivity index (χ4v) is 3.26. The first-order valence-corrected chi connectivity index (χ1v) is 10.7. The van der Waals surface area contributed by atoms with Crippen LogP contribution in [0.25, 0.3) is 0 Å². The number of rotatable bonds is 7. The molecule has 0 heterocycles. The van der Waals surface area contributed by atoms with Crippen LogP contribution >= 0.6 is 11.6 Å². The molecule has 3 N–H and O–H groups in total. The molecule has 0 radical (unpaired) electrons. The highest BCUT2D eigenvalue weighted by molar-refractivity contribution is 6.30. The van der Waals surface area contributed by atoms with E-state index in [9.17, 15) is 14.0 Å². The molecule has 174 valence electrons. The molecule has 3 rings (SSSR count). The van der Waals surface area contributed by atoms with Crippen LogP contribution in [-0.4, -0.2) is 36.3 Å². The number of benzene rings is 2. The zero-order chi connectivity index (χ0) is 24.5. The third-order valence-electron chi connectivity index (χ3n) is 4.72. The van der Waals surface area contributed by atoms with Gasteiger partial charge in [0.25, 0.3) is 5.91 Å². The van der Waals surface area contributed by atoms with Gasteiger partial charge in [0.15, 0.2) is 0 Å². The van der Waals surface area contributed by atoms with Crippen molar-refractivity contribution in [1.82, 2.24) is 15.6 Å². The lowest BCUT2D eigenvalue weighted by Gasteiger charge is -2.21. The first-order chi connectivity index (χ1) is 16.4. The average molecular weight is 480 g/mol. The number of hydrogen-bond acceptors (Lipinski definition) is 4. The monoisotopic (exact) mass is 479 g/mol. The highest BCUT2D eigenvalue weighted by Crippen LogP contribution is 2.20. The lowest BCUT2D eigenvalue weighted by Crippen LogP contribution is -2.42. The number of urea groups is 1. The molecule has 0 spiro atoms. The quantitative estimate of drug-likeness (QED) is 0.407. The number of carbonyl (C=O) groups excluding carboxylic acids is 2. The van der Waals surface area contributed by atoms with Crippen molar-refractivity contribution in [2.24, 2.45) is 5.10 Å². The molecule has 7 nitrogen and oxygen atoms in total. The number of amides is 3. The van der Waals surface area contributed by atoms with E-state index in [1.807, 2.05) is 0 Å². The molecule has 1 aliphatic rings. The predicted molar refractivity (Wildman–Crippen MR) is 132 cm³/mol. The molecule has 9 heteroatoms. The van der Waals surface area contributed by atoms with Gasteiger partial charge in [-0.1, -0.05) is 53.9 Å². The second-order valence-electron chi connectivity index (χ2n) is 7.36. The van der Waals surface area contributed by atoms with Crippen molar-refractivity contribution in [3.8, 4) is 12.3 Å². The number of anilines is 1. The van der Waals surface area contributed by atoms with Gasteiger partial charge in [-0.05, 0) is 35.9 Å². The summed E-state index contributed by atoms with van der Waals surface area (Å²) in [4.78, 5) is 25.6. The van der Waals surface area contributed by atoms with Gasteiger partial charge in [-0.3, -0.25) is 9.80 Å². The molecule has 1 aliphatic carbocycles. The standard InChI is InChI=1S/C25H23ClFN5O2/c1-3-15-32(2)31-20-13-14-22(21(27)16-20)29-24(33)23(17-7-5-4-6-8-17)30-25(34)28-19-11-9-18(26)10-12-19/h1,4-12,14,16,23H,13,15H2,2H3,(H,29,33)(H2,28,30,34). The van der Waals surface area contributed by atoms with Crippen LogP contribution in [0.2, 0.25) is 5.02 Å². The Hall–Kier alpha value is -4.09. The van der Waals surface area contributed by atoms with E-state index in [-0.39, 0.29) is 12.2 Å². The van der Waals surface area contributed by atoms with E-state index >= 15 is 0 Å². The third-order valence-corrected chi connectivity index (χ3v) is 4.97. The predicted octanol–water partition coefficient (Wildman–Crippen LogP) is 4.38. The molecule has 34 heavy (non-hydrogen) atoms. The SMILES string of the molecule is C#CCN(C)N=C1C=C(F)C(NC(=O)C(NC(=O)Nc2ccc(Cl)cc2)c2ccccc2)=CC1. The van der Waals surface area contributed by atoms with Crippen LogP contribution < -0.4 is 16.0 Å². The number of carbonyl (C=O) groups is 2. The van der Waals surface area contributed by atoms with Crippen LogP contribution in [0.5, 0.6) is 0 Å². The van der Waals surface area contributed by atoms with Crippen molar-refractivity contribution in [3.05, 3.63) is 88.9 Å². The molecule has 2 aromatic carbocycles. The highest BCUT2D eigenvalue weighted by Gasteiger charge is 2.25. The lowest BCUT2D eigenvalue weighted by molar-refractivity contribution is -0.122. The van der Waals surface area contributed by atoms with Crippen LogP contribution in [0.15, 0.2) is 83.4 Å². The smallest absolute Gasteiger partial charge is 0.320 e. The summed E-state index contributed by atoms with van der Waals surface area (Å²) in [5.41, 5.74) is 1.50. The fraction of sp³-hybridized carbons (Fsp3) is 0.160. The second-order valence-corrected chi connectivity index (χ2v) is 7.80. The van der Waals surface area contributed by atoms with Gasteiger partial charge in [0, 0.05) is 24.2 Å². The number of nitrogens with one attached hydrogen (secondary N) is 3. The Morgan fingerprint density at radius 1 is 1.18 bits per heavy atom. The van der Waals surface area contributed by atoms with Crippen molar-refractivity contribution < 1.29 is 14.0 Å². The Labute approximate surface area is 202 Å². The van der Waals surface area contributed by atoms with E-state index in [1.165, 1.54) is 17.2 Å². The number of hydrazone groups is 1. The minimum Gasteiger partial charge on any atom is -0.322 e. The molecule has 2 aromatic rings. The van der Waals surface area contributed by atoms with E-state index < -0.39 is 23.8 Å². The van der Waals surface area contributed by atoms with Crippen LogP contribution in [0.1, 0.15) is 18.0 Å². The molecule has 0 fully saturated rings. The van der Waals surface area contributed by atoms with Crippen LogP contribution in [0.4, 0.5) is 14.9 Å². The highest BCUT2D eigenvalue weighted by atomic mass is 35.5. The van der Waals surface area contributed by atoms with Crippen molar-refractivity contribution >= 4 is 34.9 Å². The minimum atomic E-state index is -1.07. The Morgan fingerprint density at radius 3 is 2.53 bits per heavy atom. The van der Waals surface area contributed by atoms with Gasteiger partial charge in [0.1, 0.15) is 11.9 Å². The Kier molecular flexibility index (Phi) is 8.43. The van der Waals surface area contributed by atoms with E-state index in [0.29, 0.717) is 28.4 Å². The molecule has 0 bridgehead atoms. The lowest BCUT2D eigenvalue weighted by atomic mass is 10.0. The zero-order valence-corrected chi connectivity index (χ0v) is 19.1. The molecule has 0 saturated carbocycles. The molecule has 1 unspecified atom stereocenters. The second kappa shape index (κ2) is 11.7. The maximum atomic E-state index is 14.7. The maximum Gasteiger partial charge on any atom is 0.320 e. The largest absolute Gasteiger partial charge is 0.322 e. The van der Waals surface area contributed by atoms with E-state index in [1.54, 1.807) is 61.6 Å². The Bertz CT molecular complexity index is 1170. The van der Waals surface area contributed by atoms with Gasteiger partial charge in [-0.15, -0.1) is 6.42 Å². The summed E-state index contributed by atoms with van der Waals surface area (Å²) in [5.74, 6) is 1.20. The normalized spacial score (nSPS) is 14.8. The zero-order valence-electron chi connectivity index (χ0n) is 18.4. The van der Waals surface area contributed by atoms with Crippen LogP contribution in [-0.2, 0) is 4.79 Å². The van der Waals surface area contributed by atoms with Crippen molar-refractivity contribution in [1.29, 1.82) is 0 Å². The van der Waals surface area contributed by atoms with Gasteiger partial charge in [0.05, 0.1) is 18.0 Å². The number of nitrogens with zero attached hydrogens (tertiary/aromatic N) is 2. The van der Waals surface area contributed by atoms with Gasteiger partial charge in [-0.25, -0.2) is 9.18 Å². The summed E-state index contributed by atoms with van der Waals surface area (Å²) in [7, 11) is 1.69. The number of allylic oxidation sites excluding steroid dienone is 3. The number of halogens is 2.